The molecule has 6 heteroatoms. The standard InChI is InChI=1S/C23H18N4O2/c28-22-13-10-17-14-18(11-12-19(17)23(22)27-29)25-26-21-9-5-4-8-20(21)24-15-16-6-2-1-3-7-16/h1-14,24,28H,15H2. The van der Waals surface area contributed by atoms with Gasteiger partial charge in [-0.2, -0.15) is 5.11 Å². The highest BCUT2D eigenvalue weighted by Crippen LogP contribution is 2.36. The number of phenols is 1. The predicted molar refractivity (Wildman–Crippen MR) is 115 cm³/mol. The summed E-state index contributed by atoms with van der Waals surface area (Å²) in [6.45, 7) is 0.689. The maximum atomic E-state index is 11.0. The summed E-state index contributed by atoms with van der Waals surface area (Å²) in [4.78, 5) is 11.0. The van der Waals surface area contributed by atoms with E-state index in [9.17, 15) is 10.0 Å². The molecule has 4 aromatic carbocycles. The molecule has 4 rings (SSSR count). The van der Waals surface area contributed by atoms with E-state index in [2.05, 4.69) is 32.9 Å². The summed E-state index contributed by atoms with van der Waals surface area (Å²) < 4.78 is 0. The summed E-state index contributed by atoms with van der Waals surface area (Å²) in [6, 6.07) is 26.2. The number of azo groups is 1. The molecule has 0 heterocycles. The molecule has 6 nitrogen and oxygen atoms in total. The van der Waals surface area contributed by atoms with Gasteiger partial charge in [0.25, 0.3) is 0 Å². The Kier molecular flexibility index (Phi) is 5.25. The second kappa shape index (κ2) is 8.31. The second-order valence-corrected chi connectivity index (χ2v) is 6.49. The number of hydrogen-bond donors (Lipinski definition) is 2. The van der Waals surface area contributed by atoms with Crippen molar-refractivity contribution in [3.63, 3.8) is 0 Å². The van der Waals surface area contributed by atoms with Gasteiger partial charge in [-0.3, -0.25) is 0 Å². The lowest BCUT2D eigenvalue weighted by Gasteiger charge is -2.08. The molecule has 0 aliphatic heterocycles. The van der Waals surface area contributed by atoms with Gasteiger partial charge in [-0.15, -0.1) is 10.0 Å². The van der Waals surface area contributed by atoms with Crippen LogP contribution in [0.5, 0.6) is 5.75 Å². The predicted octanol–water partition coefficient (Wildman–Crippen LogP) is 6.97. The maximum absolute atomic E-state index is 11.0. The van der Waals surface area contributed by atoms with Gasteiger partial charge < -0.3 is 10.4 Å². The van der Waals surface area contributed by atoms with Gasteiger partial charge in [-0.25, -0.2) is 0 Å². The number of benzene rings is 4. The first-order valence-electron chi connectivity index (χ1n) is 9.12. The molecule has 0 saturated carbocycles. The minimum absolute atomic E-state index is 0.0291. The monoisotopic (exact) mass is 382 g/mol. The van der Waals surface area contributed by atoms with E-state index in [0.717, 1.165) is 16.8 Å². The van der Waals surface area contributed by atoms with Gasteiger partial charge in [0.05, 0.1) is 11.4 Å². The lowest BCUT2D eigenvalue weighted by atomic mass is 10.1. The van der Waals surface area contributed by atoms with Gasteiger partial charge in [-0.05, 0) is 52.5 Å². The van der Waals surface area contributed by atoms with Gasteiger partial charge >= 0.3 is 0 Å². The van der Waals surface area contributed by atoms with Crippen LogP contribution in [-0.2, 0) is 6.54 Å². The van der Waals surface area contributed by atoms with Crippen molar-refractivity contribution in [2.75, 3.05) is 5.32 Å². The highest BCUT2D eigenvalue weighted by atomic mass is 16.3. The lowest BCUT2D eigenvalue weighted by Crippen LogP contribution is -1.98. The van der Waals surface area contributed by atoms with E-state index in [1.165, 1.54) is 11.6 Å². The quantitative estimate of drug-likeness (QED) is 0.279. The first-order valence-corrected chi connectivity index (χ1v) is 9.12. The molecule has 0 spiro atoms. The molecule has 4 aromatic rings. The molecule has 0 aliphatic carbocycles. The van der Waals surface area contributed by atoms with Crippen LogP contribution in [0.1, 0.15) is 5.56 Å². The van der Waals surface area contributed by atoms with Crippen molar-refractivity contribution < 1.29 is 5.11 Å². The van der Waals surface area contributed by atoms with E-state index < -0.39 is 0 Å². The number of nitrogens with one attached hydrogen (secondary N) is 1. The second-order valence-electron chi connectivity index (χ2n) is 6.49. The Morgan fingerprint density at radius 2 is 1.62 bits per heavy atom. The van der Waals surface area contributed by atoms with Crippen LogP contribution in [0, 0.1) is 4.91 Å². The lowest BCUT2D eigenvalue weighted by molar-refractivity contribution is 0.477. The molecule has 142 valence electrons. The van der Waals surface area contributed by atoms with Crippen LogP contribution in [-0.4, -0.2) is 5.11 Å². The van der Waals surface area contributed by atoms with Crippen molar-refractivity contribution in [2.24, 2.45) is 15.4 Å². The van der Waals surface area contributed by atoms with Crippen molar-refractivity contribution in [2.45, 2.75) is 6.54 Å². The zero-order valence-corrected chi connectivity index (χ0v) is 15.5. The number of fused-ring (bicyclic) bond motifs is 1. The number of aromatic hydroxyl groups is 1. The van der Waals surface area contributed by atoms with Gasteiger partial charge in [0.1, 0.15) is 11.4 Å². The zero-order valence-electron chi connectivity index (χ0n) is 15.5. The topological polar surface area (TPSA) is 86.4 Å². The Morgan fingerprint density at radius 3 is 2.45 bits per heavy atom. The summed E-state index contributed by atoms with van der Waals surface area (Å²) in [7, 11) is 0. The molecule has 0 atom stereocenters. The highest BCUT2D eigenvalue weighted by Gasteiger charge is 2.08. The third-order valence-electron chi connectivity index (χ3n) is 4.55. The molecule has 0 bridgehead atoms. The van der Waals surface area contributed by atoms with Crippen molar-refractivity contribution >= 4 is 33.5 Å². The minimum atomic E-state index is -0.139. The largest absolute Gasteiger partial charge is 0.506 e. The summed E-state index contributed by atoms with van der Waals surface area (Å²) in [6.07, 6.45) is 0. The molecule has 0 aromatic heterocycles. The third-order valence-corrected chi connectivity index (χ3v) is 4.55. The van der Waals surface area contributed by atoms with Crippen LogP contribution in [0.15, 0.2) is 100 Å². The maximum Gasteiger partial charge on any atom is 0.157 e. The molecule has 0 fully saturated rings. The van der Waals surface area contributed by atoms with Gasteiger partial charge in [0, 0.05) is 11.9 Å². The van der Waals surface area contributed by atoms with Crippen LogP contribution in [0.25, 0.3) is 10.8 Å². The summed E-state index contributed by atoms with van der Waals surface area (Å²) in [5, 5.41) is 26.1. The Bertz CT molecular complexity index is 1190. The van der Waals surface area contributed by atoms with Crippen molar-refractivity contribution in [3.05, 3.63) is 95.4 Å². The van der Waals surface area contributed by atoms with E-state index in [4.69, 9.17) is 0 Å². The highest BCUT2D eigenvalue weighted by molar-refractivity contribution is 5.96. The Hall–Kier alpha value is -4.06. The third kappa shape index (κ3) is 4.11. The van der Waals surface area contributed by atoms with E-state index in [0.29, 0.717) is 17.6 Å². The number of phenolic OH excluding ortho intramolecular Hbond substituents is 1. The molecule has 29 heavy (non-hydrogen) atoms. The average molecular weight is 382 g/mol. The summed E-state index contributed by atoms with van der Waals surface area (Å²) in [5.41, 5.74) is 3.46. The summed E-state index contributed by atoms with van der Waals surface area (Å²) in [5.74, 6) is -0.139. The van der Waals surface area contributed by atoms with E-state index in [-0.39, 0.29) is 11.4 Å². The smallest absolute Gasteiger partial charge is 0.157 e. The Morgan fingerprint density at radius 1 is 0.828 bits per heavy atom. The zero-order chi connectivity index (χ0) is 20.1. The average Bonchev–Trinajstić information content (AvgIpc) is 2.77. The van der Waals surface area contributed by atoms with Crippen LogP contribution < -0.4 is 5.32 Å². The Balaban J connectivity index is 1.58. The molecule has 0 unspecified atom stereocenters. The minimum Gasteiger partial charge on any atom is -0.506 e. The molecule has 0 radical (unpaired) electrons. The normalized spacial score (nSPS) is 11.0. The van der Waals surface area contributed by atoms with Gasteiger partial charge in [-0.1, -0.05) is 48.5 Å². The van der Waals surface area contributed by atoms with Crippen LogP contribution in [0.3, 0.4) is 0 Å². The molecule has 0 amide bonds. The van der Waals surface area contributed by atoms with Gasteiger partial charge in [0.2, 0.25) is 0 Å². The number of anilines is 1. The molecule has 0 aliphatic rings. The number of nitroso groups, excluding NO2 is 1. The number of para-hydroxylation sites is 1. The Labute approximate surface area is 167 Å². The molecule has 2 N–H and O–H groups in total. The fourth-order valence-electron chi connectivity index (χ4n) is 3.06. The molecule has 0 saturated heterocycles. The van der Waals surface area contributed by atoms with E-state index in [1.807, 2.05) is 42.5 Å². The SMILES string of the molecule is O=Nc1c(O)ccc2cc(N=Nc3ccccc3NCc3ccccc3)ccc12. The number of hydrogen-bond acceptors (Lipinski definition) is 6. The van der Waals surface area contributed by atoms with Crippen molar-refractivity contribution in [1.29, 1.82) is 0 Å². The first-order chi connectivity index (χ1) is 14.2. The van der Waals surface area contributed by atoms with Gasteiger partial charge in [0.15, 0.2) is 5.69 Å². The van der Waals surface area contributed by atoms with E-state index in [1.54, 1.807) is 24.3 Å². The fourth-order valence-corrected chi connectivity index (χ4v) is 3.06. The molecular weight excluding hydrogens is 364 g/mol. The number of nitrogens with zero attached hydrogens (tertiary/aromatic N) is 3. The van der Waals surface area contributed by atoms with Crippen LogP contribution in [0.2, 0.25) is 0 Å². The van der Waals surface area contributed by atoms with Crippen molar-refractivity contribution in [1.82, 2.24) is 0 Å². The number of rotatable bonds is 6. The first kappa shape index (κ1) is 18.3. The summed E-state index contributed by atoms with van der Waals surface area (Å²) >= 11 is 0. The fraction of sp³-hybridized carbons (Fsp3) is 0.0435. The van der Waals surface area contributed by atoms with Crippen LogP contribution >= 0.6 is 0 Å². The van der Waals surface area contributed by atoms with Crippen LogP contribution in [0.4, 0.5) is 22.7 Å². The molecular formula is C23H18N4O2. The van der Waals surface area contributed by atoms with Crippen molar-refractivity contribution in [3.8, 4) is 5.75 Å². The van der Waals surface area contributed by atoms with E-state index >= 15 is 0 Å².